The number of rotatable bonds is 5. The van der Waals surface area contributed by atoms with Crippen molar-refractivity contribution < 1.29 is 14.3 Å². The van der Waals surface area contributed by atoms with Crippen molar-refractivity contribution in [2.24, 2.45) is 0 Å². The predicted molar refractivity (Wildman–Crippen MR) is 90.3 cm³/mol. The number of ketones is 1. The Morgan fingerprint density at radius 3 is 2.43 bits per heavy atom. The second-order valence-electron chi connectivity index (χ2n) is 6.89. The van der Waals surface area contributed by atoms with Crippen molar-refractivity contribution in [3.8, 4) is 5.75 Å². The van der Waals surface area contributed by atoms with Gasteiger partial charge in [-0.05, 0) is 11.5 Å². The lowest BCUT2D eigenvalue weighted by Gasteiger charge is -2.24. The standard InChI is InChI=1S/C20H22O3/c1-20(2,3)17-11-7-10-16(19(17)23-13-15-12-22-15)18(21)14-8-5-4-6-9-14/h4-11,15H,12-13H2,1-3H3. The maximum absolute atomic E-state index is 12.9. The van der Waals surface area contributed by atoms with Gasteiger partial charge in [0.15, 0.2) is 5.78 Å². The van der Waals surface area contributed by atoms with Crippen LogP contribution in [0.5, 0.6) is 5.75 Å². The molecule has 1 unspecified atom stereocenters. The van der Waals surface area contributed by atoms with E-state index in [1.54, 1.807) is 0 Å². The maximum atomic E-state index is 12.9. The number of benzene rings is 2. The zero-order valence-electron chi connectivity index (χ0n) is 13.8. The molecule has 0 N–H and O–H groups in total. The van der Waals surface area contributed by atoms with Crippen LogP contribution in [0.15, 0.2) is 48.5 Å². The molecule has 120 valence electrons. The Hall–Kier alpha value is -2.13. The molecule has 0 saturated carbocycles. The van der Waals surface area contributed by atoms with Crippen molar-refractivity contribution in [1.82, 2.24) is 0 Å². The van der Waals surface area contributed by atoms with Crippen molar-refractivity contribution in [2.45, 2.75) is 32.3 Å². The van der Waals surface area contributed by atoms with Gasteiger partial charge in [0, 0.05) is 11.1 Å². The molecule has 3 rings (SSSR count). The number of para-hydroxylation sites is 1. The van der Waals surface area contributed by atoms with Gasteiger partial charge in [-0.25, -0.2) is 0 Å². The highest BCUT2D eigenvalue weighted by Crippen LogP contribution is 2.35. The van der Waals surface area contributed by atoms with Gasteiger partial charge in [0.05, 0.1) is 12.2 Å². The molecule has 1 saturated heterocycles. The Morgan fingerprint density at radius 1 is 1.13 bits per heavy atom. The van der Waals surface area contributed by atoms with Gasteiger partial charge in [0.25, 0.3) is 0 Å². The molecule has 2 aromatic carbocycles. The van der Waals surface area contributed by atoms with E-state index in [9.17, 15) is 4.79 Å². The first-order valence-electron chi connectivity index (χ1n) is 7.94. The molecule has 0 bridgehead atoms. The Labute approximate surface area is 137 Å². The van der Waals surface area contributed by atoms with Crippen LogP contribution < -0.4 is 4.74 Å². The third-order valence-electron chi connectivity index (χ3n) is 3.92. The van der Waals surface area contributed by atoms with Crippen LogP contribution in [0.4, 0.5) is 0 Å². The van der Waals surface area contributed by atoms with Crippen molar-refractivity contribution in [3.05, 3.63) is 65.2 Å². The third kappa shape index (κ3) is 3.62. The highest BCUT2D eigenvalue weighted by atomic mass is 16.6. The highest BCUT2D eigenvalue weighted by molar-refractivity contribution is 6.11. The molecule has 1 atom stereocenters. The molecule has 0 spiro atoms. The SMILES string of the molecule is CC(C)(C)c1cccc(C(=O)c2ccccc2)c1OCC1CO1. The minimum Gasteiger partial charge on any atom is -0.490 e. The molecular weight excluding hydrogens is 288 g/mol. The molecule has 2 aromatic rings. The van der Waals surface area contributed by atoms with E-state index >= 15 is 0 Å². The summed E-state index contributed by atoms with van der Waals surface area (Å²) in [4.78, 5) is 12.9. The van der Waals surface area contributed by atoms with Crippen LogP contribution in [0.25, 0.3) is 0 Å². The van der Waals surface area contributed by atoms with Gasteiger partial charge < -0.3 is 9.47 Å². The molecule has 1 aliphatic rings. The largest absolute Gasteiger partial charge is 0.490 e. The lowest BCUT2D eigenvalue weighted by atomic mass is 9.84. The Morgan fingerprint density at radius 2 is 1.83 bits per heavy atom. The van der Waals surface area contributed by atoms with E-state index in [2.05, 4.69) is 20.8 Å². The van der Waals surface area contributed by atoms with Crippen LogP contribution in [-0.2, 0) is 10.2 Å². The smallest absolute Gasteiger partial charge is 0.196 e. The zero-order valence-corrected chi connectivity index (χ0v) is 13.8. The lowest BCUT2D eigenvalue weighted by Crippen LogP contribution is -2.18. The van der Waals surface area contributed by atoms with Crippen LogP contribution in [-0.4, -0.2) is 25.1 Å². The normalized spacial score (nSPS) is 16.9. The summed E-state index contributed by atoms with van der Waals surface area (Å²) in [6, 6.07) is 15.1. The van der Waals surface area contributed by atoms with Gasteiger partial charge in [0.2, 0.25) is 0 Å². The van der Waals surface area contributed by atoms with E-state index in [1.807, 2.05) is 48.5 Å². The first-order valence-corrected chi connectivity index (χ1v) is 7.94. The molecule has 1 aliphatic heterocycles. The van der Waals surface area contributed by atoms with Gasteiger partial charge in [-0.3, -0.25) is 4.79 Å². The van der Waals surface area contributed by atoms with Crippen molar-refractivity contribution in [3.63, 3.8) is 0 Å². The fraction of sp³-hybridized carbons (Fsp3) is 0.350. The van der Waals surface area contributed by atoms with E-state index in [0.29, 0.717) is 23.5 Å². The first-order chi connectivity index (χ1) is 11.0. The monoisotopic (exact) mass is 310 g/mol. The van der Waals surface area contributed by atoms with Crippen LogP contribution >= 0.6 is 0 Å². The Bertz CT molecular complexity index is 695. The summed E-state index contributed by atoms with van der Waals surface area (Å²) in [5.74, 6) is 0.674. The van der Waals surface area contributed by atoms with Crippen molar-refractivity contribution >= 4 is 5.78 Å². The summed E-state index contributed by atoms with van der Waals surface area (Å²) < 4.78 is 11.2. The summed E-state index contributed by atoms with van der Waals surface area (Å²) in [6.07, 6.45) is 0.155. The van der Waals surface area contributed by atoms with Crippen LogP contribution in [0.1, 0.15) is 42.3 Å². The maximum Gasteiger partial charge on any atom is 0.196 e. The third-order valence-corrected chi connectivity index (χ3v) is 3.92. The van der Waals surface area contributed by atoms with E-state index in [1.165, 1.54) is 0 Å². The lowest BCUT2D eigenvalue weighted by molar-refractivity contribution is 0.103. The molecule has 0 radical (unpaired) electrons. The second kappa shape index (κ2) is 6.17. The molecule has 1 fully saturated rings. The molecule has 0 amide bonds. The average molecular weight is 310 g/mol. The second-order valence-corrected chi connectivity index (χ2v) is 6.89. The van der Waals surface area contributed by atoms with Crippen LogP contribution in [0.2, 0.25) is 0 Å². The molecule has 3 heteroatoms. The summed E-state index contributed by atoms with van der Waals surface area (Å²) in [5.41, 5.74) is 2.22. The quantitative estimate of drug-likeness (QED) is 0.619. The molecule has 0 aromatic heterocycles. The van der Waals surface area contributed by atoms with E-state index in [-0.39, 0.29) is 17.3 Å². The molecule has 0 aliphatic carbocycles. The molecular formula is C20H22O3. The number of carbonyl (C=O) groups excluding carboxylic acids is 1. The Balaban J connectivity index is 2.02. The molecule has 23 heavy (non-hydrogen) atoms. The van der Waals surface area contributed by atoms with E-state index in [0.717, 1.165) is 12.2 Å². The zero-order chi connectivity index (χ0) is 16.4. The topological polar surface area (TPSA) is 38.8 Å². The Kier molecular flexibility index (Phi) is 4.22. The highest BCUT2D eigenvalue weighted by Gasteiger charge is 2.28. The number of hydrogen-bond donors (Lipinski definition) is 0. The molecule has 3 nitrogen and oxygen atoms in total. The molecule has 1 heterocycles. The van der Waals surface area contributed by atoms with Crippen LogP contribution in [0, 0.1) is 0 Å². The first kappa shape index (κ1) is 15.8. The number of hydrogen-bond acceptors (Lipinski definition) is 3. The minimum absolute atomic E-state index is 0.0107. The summed E-state index contributed by atoms with van der Waals surface area (Å²) >= 11 is 0. The van der Waals surface area contributed by atoms with E-state index in [4.69, 9.17) is 9.47 Å². The number of ether oxygens (including phenoxy) is 2. The summed E-state index contributed by atoms with van der Waals surface area (Å²) in [7, 11) is 0. The van der Waals surface area contributed by atoms with Gasteiger partial charge in [0.1, 0.15) is 18.5 Å². The van der Waals surface area contributed by atoms with Gasteiger partial charge in [-0.1, -0.05) is 63.2 Å². The number of epoxide rings is 1. The number of carbonyl (C=O) groups is 1. The van der Waals surface area contributed by atoms with Gasteiger partial charge >= 0.3 is 0 Å². The van der Waals surface area contributed by atoms with E-state index < -0.39 is 0 Å². The van der Waals surface area contributed by atoms with Gasteiger partial charge in [-0.2, -0.15) is 0 Å². The predicted octanol–water partition coefficient (Wildman–Crippen LogP) is 3.99. The van der Waals surface area contributed by atoms with Crippen molar-refractivity contribution in [2.75, 3.05) is 13.2 Å². The van der Waals surface area contributed by atoms with Gasteiger partial charge in [-0.15, -0.1) is 0 Å². The summed E-state index contributed by atoms with van der Waals surface area (Å²) in [6.45, 7) is 7.60. The fourth-order valence-corrected chi connectivity index (χ4v) is 2.55. The average Bonchev–Trinajstić information content (AvgIpc) is 3.36. The van der Waals surface area contributed by atoms with Crippen molar-refractivity contribution in [1.29, 1.82) is 0 Å². The minimum atomic E-state index is -0.104. The summed E-state index contributed by atoms with van der Waals surface area (Å²) in [5, 5.41) is 0. The fourth-order valence-electron chi connectivity index (χ4n) is 2.55. The van der Waals surface area contributed by atoms with Crippen LogP contribution in [0.3, 0.4) is 0 Å².